The van der Waals surface area contributed by atoms with E-state index in [4.69, 9.17) is 11.6 Å². The smallest absolute Gasteiger partial charge is 0.222 e. The van der Waals surface area contributed by atoms with E-state index in [9.17, 15) is 4.91 Å². The van der Waals surface area contributed by atoms with Gasteiger partial charge in [-0.1, -0.05) is 29.8 Å². The van der Waals surface area contributed by atoms with Crippen LogP contribution < -0.4 is 5.43 Å². The molecule has 2 aromatic rings. The van der Waals surface area contributed by atoms with Crippen LogP contribution in [0.25, 0.3) is 0 Å². The number of hydrogen-bond acceptors (Lipinski definition) is 3. The van der Waals surface area contributed by atoms with E-state index >= 15 is 0 Å². The van der Waals surface area contributed by atoms with Gasteiger partial charge in [-0.2, -0.15) is 5.10 Å². The summed E-state index contributed by atoms with van der Waals surface area (Å²) in [4.78, 5) is 10.8. The average molecular weight is 260 g/mol. The zero-order chi connectivity index (χ0) is 12.8. The largest absolute Gasteiger partial charge is 0.276 e. The maximum Gasteiger partial charge on any atom is 0.222 e. The van der Waals surface area contributed by atoms with E-state index in [0.29, 0.717) is 10.6 Å². The van der Waals surface area contributed by atoms with Gasteiger partial charge in [-0.05, 0) is 41.6 Å². The van der Waals surface area contributed by atoms with Crippen LogP contribution in [-0.2, 0) is 0 Å². The van der Waals surface area contributed by atoms with E-state index in [1.165, 1.54) is 0 Å². The lowest BCUT2D eigenvalue weighted by Crippen LogP contribution is -2.00. The highest BCUT2D eigenvalue weighted by Gasteiger charge is 2.03. The lowest BCUT2D eigenvalue weighted by atomic mass is 10.2. The molecule has 0 atom stereocenters. The summed E-state index contributed by atoms with van der Waals surface area (Å²) in [5.74, 6) is 0.0792. The van der Waals surface area contributed by atoms with Crippen LogP contribution in [0, 0.1) is 4.91 Å². The van der Waals surface area contributed by atoms with E-state index in [-0.39, 0.29) is 5.84 Å². The van der Waals surface area contributed by atoms with Crippen LogP contribution in [0.5, 0.6) is 0 Å². The standard InChI is InChI=1S/C13H10ClN3O/c14-11-8-6-10(7-9-11)13(17-18)16-15-12-4-2-1-3-5-12/h1-9,15H/b16-13+. The van der Waals surface area contributed by atoms with Crippen molar-refractivity contribution in [2.75, 3.05) is 5.43 Å². The first kappa shape index (κ1) is 12.3. The fraction of sp³-hybridized carbons (Fsp3) is 0. The quantitative estimate of drug-likeness (QED) is 0.394. The molecule has 0 aliphatic rings. The highest BCUT2D eigenvalue weighted by molar-refractivity contribution is 6.30. The molecule has 5 heteroatoms. The Bertz CT molecular complexity index is 552. The molecule has 18 heavy (non-hydrogen) atoms. The van der Waals surface area contributed by atoms with Gasteiger partial charge in [-0.3, -0.25) is 5.43 Å². The molecule has 2 rings (SSSR count). The van der Waals surface area contributed by atoms with Gasteiger partial charge in [0, 0.05) is 10.6 Å². The van der Waals surface area contributed by atoms with Crippen LogP contribution in [-0.4, -0.2) is 5.84 Å². The molecular formula is C13H10ClN3O. The van der Waals surface area contributed by atoms with Crippen molar-refractivity contribution in [3.63, 3.8) is 0 Å². The monoisotopic (exact) mass is 259 g/mol. The summed E-state index contributed by atoms with van der Waals surface area (Å²) in [6.45, 7) is 0. The fourth-order valence-corrected chi connectivity index (χ4v) is 1.49. The third kappa shape index (κ3) is 3.15. The number of nitrogens with zero attached hydrogens (tertiary/aromatic N) is 2. The molecule has 0 spiro atoms. The van der Waals surface area contributed by atoms with Crippen molar-refractivity contribution in [3.8, 4) is 0 Å². The van der Waals surface area contributed by atoms with E-state index in [2.05, 4.69) is 15.7 Å². The first-order valence-corrected chi connectivity index (χ1v) is 5.65. The molecule has 0 bridgehead atoms. The topological polar surface area (TPSA) is 53.8 Å². The number of rotatable bonds is 3. The minimum Gasteiger partial charge on any atom is -0.276 e. The third-order valence-electron chi connectivity index (χ3n) is 2.25. The third-order valence-corrected chi connectivity index (χ3v) is 2.51. The van der Waals surface area contributed by atoms with Crippen molar-refractivity contribution < 1.29 is 0 Å². The van der Waals surface area contributed by atoms with Crippen LogP contribution in [0.15, 0.2) is 64.9 Å². The number of amidine groups is 1. The first-order valence-electron chi connectivity index (χ1n) is 5.27. The van der Waals surface area contributed by atoms with Gasteiger partial charge in [0.05, 0.1) is 5.69 Å². The van der Waals surface area contributed by atoms with E-state index in [0.717, 1.165) is 5.69 Å². The van der Waals surface area contributed by atoms with Crippen molar-refractivity contribution in [2.24, 2.45) is 10.3 Å². The molecule has 0 heterocycles. The van der Waals surface area contributed by atoms with Gasteiger partial charge in [0.15, 0.2) is 0 Å². The summed E-state index contributed by atoms with van der Waals surface area (Å²) >= 11 is 5.77. The Morgan fingerprint density at radius 3 is 2.28 bits per heavy atom. The number of nitrogens with one attached hydrogen (secondary N) is 1. The van der Waals surface area contributed by atoms with Gasteiger partial charge in [0.25, 0.3) is 0 Å². The summed E-state index contributed by atoms with van der Waals surface area (Å²) < 4.78 is 0. The Morgan fingerprint density at radius 1 is 1.00 bits per heavy atom. The SMILES string of the molecule is O=N/C(=N/Nc1ccccc1)c1ccc(Cl)cc1. The maximum atomic E-state index is 10.8. The number of para-hydroxylation sites is 1. The van der Waals surface area contributed by atoms with E-state index in [1.807, 2.05) is 30.3 Å². The molecule has 0 aliphatic carbocycles. The van der Waals surface area contributed by atoms with Crippen LogP contribution in [0.1, 0.15) is 5.56 Å². The summed E-state index contributed by atoms with van der Waals surface area (Å²) in [7, 11) is 0. The summed E-state index contributed by atoms with van der Waals surface area (Å²) in [5, 5.41) is 7.45. The van der Waals surface area contributed by atoms with Gasteiger partial charge >= 0.3 is 0 Å². The molecule has 0 radical (unpaired) electrons. The Hall–Kier alpha value is -2.20. The summed E-state index contributed by atoms with van der Waals surface area (Å²) in [6.07, 6.45) is 0. The van der Waals surface area contributed by atoms with Gasteiger partial charge in [0.2, 0.25) is 5.84 Å². The fourth-order valence-electron chi connectivity index (χ4n) is 1.37. The zero-order valence-electron chi connectivity index (χ0n) is 9.38. The number of benzene rings is 2. The van der Waals surface area contributed by atoms with Gasteiger partial charge in [0.1, 0.15) is 0 Å². The normalized spacial score (nSPS) is 11.1. The molecule has 0 fully saturated rings. The highest BCUT2D eigenvalue weighted by atomic mass is 35.5. The van der Waals surface area contributed by atoms with E-state index in [1.54, 1.807) is 24.3 Å². The Labute approximate surface area is 109 Å². The second-order valence-electron chi connectivity index (χ2n) is 3.51. The number of nitroso groups, excluding NO2 is 1. The Morgan fingerprint density at radius 2 is 1.67 bits per heavy atom. The van der Waals surface area contributed by atoms with Crippen LogP contribution >= 0.6 is 11.6 Å². The molecular weight excluding hydrogens is 250 g/mol. The van der Waals surface area contributed by atoms with Crippen molar-refractivity contribution in [1.82, 2.24) is 0 Å². The lowest BCUT2D eigenvalue weighted by molar-refractivity contribution is 1.30. The van der Waals surface area contributed by atoms with Gasteiger partial charge in [-0.15, -0.1) is 4.91 Å². The minimum atomic E-state index is 0.0792. The molecule has 0 aliphatic heterocycles. The summed E-state index contributed by atoms with van der Waals surface area (Å²) in [5.41, 5.74) is 4.16. The molecule has 0 amide bonds. The Balaban J connectivity index is 2.18. The molecule has 0 unspecified atom stereocenters. The van der Waals surface area contributed by atoms with Crippen LogP contribution in [0.4, 0.5) is 5.69 Å². The van der Waals surface area contributed by atoms with Crippen molar-refractivity contribution in [2.45, 2.75) is 0 Å². The van der Waals surface area contributed by atoms with Crippen molar-refractivity contribution in [1.29, 1.82) is 0 Å². The zero-order valence-corrected chi connectivity index (χ0v) is 10.1. The molecule has 4 nitrogen and oxygen atoms in total. The van der Waals surface area contributed by atoms with Crippen LogP contribution in [0.2, 0.25) is 5.02 Å². The molecule has 90 valence electrons. The molecule has 0 saturated carbocycles. The predicted molar refractivity (Wildman–Crippen MR) is 73.8 cm³/mol. The molecule has 0 saturated heterocycles. The van der Waals surface area contributed by atoms with Gasteiger partial charge in [-0.25, -0.2) is 0 Å². The number of hydrazone groups is 1. The van der Waals surface area contributed by atoms with Gasteiger partial charge < -0.3 is 0 Å². The predicted octanol–water partition coefficient (Wildman–Crippen LogP) is 3.88. The number of anilines is 1. The van der Waals surface area contributed by atoms with Crippen molar-refractivity contribution >= 4 is 23.1 Å². The maximum absolute atomic E-state index is 10.8. The molecule has 1 N–H and O–H groups in total. The average Bonchev–Trinajstić information content (AvgIpc) is 2.42. The molecule has 2 aromatic carbocycles. The van der Waals surface area contributed by atoms with E-state index < -0.39 is 0 Å². The highest BCUT2D eigenvalue weighted by Crippen LogP contribution is 2.12. The lowest BCUT2D eigenvalue weighted by Gasteiger charge is -2.01. The second-order valence-corrected chi connectivity index (χ2v) is 3.95. The first-order chi connectivity index (χ1) is 8.79. The minimum absolute atomic E-state index is 0.0792. The number of halogens is 1. The van der Waals surface area contributed by atoms with Crippen LogP contribution in [0.3, 0.4) is 0 Å². The number of hydrogen-bond donors (Lipinski definition) is 1. The Kier molecular flexibility index (Phi) is 4.04. The molecule has 0 aromatic heterocycles. The van der Waals surface area contributed by atoms with Crippen molar-refractivity contribution in [3.05, 3.63) is 70.1 Å². The second kappa shape index (κ2) is 5.93. The summed E-state index contributed by atoms with van der Waals surface area (Å²) in [6, 6.07) is 16.1.